The number of fused-ring (bicyclic) bond motifs is 4. The minimum atomic E-state index is 0.585. The molecule has 10 aromatic rings. The summed E-state index contributed by atoms with van der Waals surface area (Å²) >= 11 is 0. The van der Waals surface area contributed by atoms with Gasteiger partial charge in [0.1, 0.15) is 11.2 Å². The number of nitrogens with zero attached hydrogens (tertiary/aromatic N) is 1. The summed E-state index contributed by atoms with van der Waals surface area (Å²) in [4.78, 5) is 2.45. The zero-order valence-electron chi connectivity index (χ0n) is 33.6. The number of rotatable bonds is 8. The van der Waals surface area contributed by atoms with Gasteiger partial charge in [0, 0.05) is 27.7 Å². The van der Waals surface area contributed by atoms with Gasteiger partial charge < -0.3 is 9.32 Å². The van der Waals surface area contributed by atoms with Gasteiger partial charge in [-0.15, -0.1) is 0 Å². The maximum atomic E-state index is 6.35. The Hall–Kier alpha value is -7.16. The summed E-state index contributed by atoms with van der Waals surface area (Å²) in [6.45, 7) is 0. The van der Waals surface area contributed by atoms with E-state index in [0.29, 0.717) is 5.92 Å². The zero-order chi connectivity index (χ0) is 39.8. The van der Waals surface area contributed by atoms with E-state index >= 15 is 0 Å². The largest absolute Gasteiger partial charge is 0.456 e. The monoisotopic (exact) mass is 771 g/mol. The summed E-state index contributed by atoms with van der Waals surface area (Å²) < 4.78 is 6.35. The lowest BCUT2D eigenvalue weighted by Crippen LogP contribution is -2.11. The molecular weight excluding hydrogens is 727 g/mol. The molecule has 2 heteroatoms. The van der Waals surface area contributed by atoms with Crippen LogP contribution in [0.2, 0.25) is 0 Å². The van der Waals surface area contributed by atoms with E-state index in [4.69, 9.17) is 4.42 Å². The van der Waals surface area contributed by atoms with E-state index in [2.05, 4.69) is 199 Å². The molecule has 0 unspecified atom stereocenters. The second-order valence-electron chi connectivity index (χ2n) is 16.3. The van der Waals surface area contributed by atoms with Crippen molar-refractivity contribution < 1.29 is 4.42 Å². The molecule has 0 aliphatic heterocycles. The summed E-state index contributed by atoms with van der Waals surface area (Å²) in [7, 11) is 0. The first kappa shape index (κ1) is 36.0. The first-order chi connectivity index (χ1) is 29.7. The molecule has 9 aromatic carbocycles. The Morgan fingerprint density at radius 1 is 0.383 bits per heavy atom. The first-order valence-electron chi connectivity index (χ1n) is 21.4. The highest BCUT2D eigenvalue weighted by molar-refractivity contribution is 6.06. The predicted octanol–water partition coefficient (Wildman–Crippen LogP) is 16.9. The van der Waals surface area contributed by atoms with Crippen LogP contribution in [0, 0.1) is 0 Å². The van der Waals surface area contributed by atoms with Gasteiger partial charge in [-0.25, -0.2) is 0 Å². The van der Waals surface area contributed by atoms with Crippen LogP contribution in [0.25, 0.3) is 77.2 Å². The highest BCUT2D eigenvalue weighted by atomic mass is 16.3. The van der Waals surface area contributed by atoms with Gasteiger partial charge in [0.15, 0.2) is 0 Å². The number of hydrogen-bond acceptors (Lipinski definition) is 2. The molecule has 1 heterocycles. The molecule has 1 saturated carbocycles. The first-order valence-corrected chi connectivity index (χ1v) is 21.4. The molecule has 0 amide bonds. The average molecular weight is 772 g/mol. The summed E-state index contributed by atoms with van der Waals surface area (Å²) in [5.74, 6) is 0.585. The molecule has 0 spiro atoms. The fourth-order valence-corrected chi connectivity index (χ4v) is 9.69. The SMILES string of the molecule is c1ccc(-c2ccc(-c3ccc(N(c4cccc(-c5ccc6c(c5)oc5ccccc56)c4)c4ccccc4-c4cccc5cccc(C6CCCCC6)c45)cc3)cc2)cc1. The van der Waals surface area contributed by atoms with Crippen molar-refractivity contribution in [2.45, 2.75) is 38.0 Å². The summed E-state index contributed by atoms with van der Waals surface area (Å²) in [5, 5.41) is 4.98. The Balaban J connectivity index is 1.05. The van der Waals surface area contributed by atoms with Gasteiger partial charge in [0.25, 0.3) is 0 Å². The Morgan fingerprint density at radius 2 is 0.967 bits per heavy atom. The fraction of sp³-hybridized carbons (Fsp3) is 0.103. The van der Waals surface area contributed by atoms with Gasteiger partial charge in [-0.05, 0) is 123 Å². The molecular formula is C58H45NO. The molecule has 0 radical (unpaired) electrons. The van der Waals surface area contributed by atoms with E-state index in [1.54, 1.807) is 0 Å². The van der Waals surface area contributed by atoms with E-state index in [0.717, 1.165) is 50.1 Å². The van der Waals surface area contributed by atoms with Crippen LogP contribution in [0.1, 0.15) is 43.6 Å². The molecule has 0 saturated heterocycles. The van der Waals surface area contributed by atoms with Crippen LogP contribution >= 0.6 is 0 Å². The Labute approximate surface area is 352 Å². The minimum absolute atomic E-state index is 0.585. The number of benzene rings is 9. The Morgan fingerprint density at radius 3 is 1.77 bits per heavy atom. The topological polar surface area (TPSA) is 16.4 Å². The van der Waals surface area contributed by atoms with Crippen molar-refractivity contribution in [3.05, 3.63) is 212 Å². The zero-order valence-corrected chi connectivity index (χ0v) is 33.6. The molecule has 288 valence electrons. The van der Waals surface area contributed by atoms with Gasteiger partial charge in [0.2, 0.25) is 0 Å². The quantitative estimate of drug-likeness (QED) is 0.153. The Bertz CT molecular complexity index is 3110. The summed E-state index contributed by atoms with van der Waals surface area (Å²) in [6, 6.07) is 75.2. The molecule has 1 aliphatic carbocycles. The van der Waals surface area contributed by atoms with E-state index < -0.39 is 0 Å². The number of anilines is 3. The van der Waals surface area contributed by atoms with Crippen LogP contribution in [-0.4, -0.2) is 0 Å². The van der Waals surface area contributed by atoms with Crippen LogP contribution in [0.4, 0.5) is 17.1 Å². The lowest BCUT2D eigenvalue weighted by molar-refractivity contribution is 0.445. The highest BCUT2D eigenvalue weighted by Gasteiger charge is 2.23. The van der Waals surface area contributed by atoms with Crippen molar-refractivity contribution in [3.63, 3.8) is 0 Å². The van der Waals surface area contributed by atoms with Gasteiger partial charge in [-0.2, -0.15) is 0 Å². The van der Waals surface area contributed by atoms with E-state index in [1.165, 1.54) is 81.8 Å². The third-order valence-corrected chi connectivity index (χ3v) is 12.7. The lowest BCUT2D eigenvalue weighted by Gasteiger charge is -2.29. The fourth-order valence-electron chi connectivity index (χ4n) is 9.69. The molecule has 0 atom stereocenters. The Kier molecular flexibility index (Phi) is 9.32. The van der Waals surface area contributed by atoms with Crippen molar-refractivity contribution in [2.75, 3.05) is 4.90 Å². The third-order valence-electron chi connectivity index (χ3n) is 12.7. The van der Waals surface area contributed by atoms with Gasteiger partial charge in [-0.1, -0.05) is 177 Å². The van der Waals surface area contributed by atoms with Gasteiger partial charge >= 0.3 is 0 Å². The highest BCUT2D eigenvalue weighted by Crippen LogP contribution is 2.46. The van der Waals surface area contributed by atoms with E-state index in [1.807, 2.05) is 12.1 Å². The molecule has 1 fully saturated rings. The van der Waals surface area contributed by atoms with Gasteiger partial charge in [-0.3, -0.25) is 0 Å². The molecule has 60 heavy (non-hydrogen) atoms. The summed E-state index contributed by atoms with van der Waals surface area (Å²) in [5.41, 5.74) is 16.3. The van der Waals surface area contributed by atoms with E-state index in [-0.39, 0.29) is 0 Å². The van der Waals surface area contributed by atoms with Crippen LogP contribution in [0.15, 0.2) is 211 Å². The standard InChI is InChI=1S/C58H45NO/c1-3-14-40(15-4-1)41-28-30-42(31-29-41)43-32-35-48(36-33-43)59(49-21-11-20-46(38-49)47-34-37-53-52-23-8-10-27-56(52)60-57(53)39-47)55-26-9-7-22-51(55)54-25-13-19-45-18-12-24-50(58(45)54)44-16-5-2-6-17-44/h1,3-4,7-15,18-39,44H,2,5-6,16-17H2. The third kappa shape index (κ3) is 6.65. The molecule has 11 rings (SSSR count). The van der Waals surface area contributed by atoms with Crippen molar-refractivity contribution in [1.82, 2.24) is 0 Å². The molecule has 1 aromatic heterocycles. The normalized spacial score (nSPS) is 13.3. The van der Waals surface area contributed by atoms with Crippen LogP contribution < -0.4 is 4.90 Å². The van der Waals surface area contributed by atoms with Crippen molar-refractivity contribution >= 4 is 49.8 Å². The van der Waals surface area contributed by atoms with Crippen LogP contribution in [0.5, 0.6) is 0 Å². The van der Waals surface area contributed by atoms with Crippen LogP contribution in [0.3, 0.4) is 0 Å². The maximum absolute atomic E-state index is 6.35. The second kappa shape index (κ2) is 15.5. The molecule has 0 bridgehead atoms. The predicted molar refractivity (Wildman–Crippen MR) is 253 cm³/mol. The van der Waals surface area contributed by atoms with Gasteiger partial charge in [0.05, 0.1) is 5.69 Å². The molecule has 2 nitrogen and oxygen atoms in total. The lowest BCUT2D eigenvalue weighted by atomic mass is 9.80. The van der Waals surface area contributed by atoms with Crippen molar-refractivity contribution in [1.29, 1.82) is 0 Å². The van der Waals surface area contributed by atoms with Crippen molar-refractivity contribution in [2.24, 2.45) is 0 Å². The molecule has 1 aliphatic rings. The number of para-hydroxylation sites is 2. The average Bonchev–Trinajstić information content (AvgIpc) is 3.70. The second-order valence-corrected chi connectivity index (χ2v) is 16.3. The number of furan rings is 1. The van der Waals surface area contributed by atoms with Crippen molar-refractivity contribution in [3.8, 4) is 44.5 Å². The number of hydrogen-bond donors (Lipinski definition) is 0. The maximum Gasteiger partial charge on any atom is 0.136 e. The summed E-state index contributed by atoms with van der Waals surface area (Å²) in [6.07, 6.45) is 6.47. The van der Waals surface area contributed by atoms with E-state index in [9.17, 15) is 0 Å². The van der Waals surface area contributed by atoms with Crippen LogP contribution in [-0.2, 0) is 0 Å². The smallest absolute Gasteiger partial charge is 0.136 e. The molecule has 0 N–H and O–H groups in total. The minimum Gasteiger partial charge on any atom is -0.456 e.